The van der Waals surface area contributed by atoms with Gasteiger partial charge in [-0.05, 0) is 81.2 Å². The number of esters is 1. The number of benzene rings is 2. The van der Waals surface area contributed by atoms with E-state index in [-0.39, 0.29) is 11.9 Å². The smallest absolute Gasteiger partial charge is 0.338 e. The fourth-order valence-electron chi connectivity index (χ4n) is 3.60. The molecule has 0 aliphatic heterocycles. The third-order valence-electron chi connectivity index (χ3n) is 5.33. The summed E-state index contributed by atoms with van der Waals surface area (Å²) in [6, 6.07) is 15.9. The number of carbonyl (C=O) groups is 2. The van der Waals surface area contributed by atoms with Crippen LogP contribution in [0.25, 0.3) is 0 Å². The highest BCUT2D eigenvalue weighted by Gasteiger charge is 2.21. The predicted octanol–water partition coefficient (Wildman–Crippen LogP) is 4.25. The molecule has 0 aromatic heterocycles. The van der Waals surface area contributed by atoms with Crippen molar-refractivity contribution in [2.45, 2.75) is 64.5 Å². The summed E-state index contributed by atoms with van der Waals surface area (Å²) in [7, 11) is 0. The van der Waals surface area contributed by atoms with Crippen LogP contribution in [0.2, 0.25) is 0 Å². The zero-order chi connectivity index (χ0) is 19.9. The van der Waals surface area contributed by atoms with Gasteiger partial charge in [0, 0.05) is 6.04 Å². The van der Waals surface area contributed by atoms with E-state index in [2.05, 4.69) is 17.4 Å². The van der Waals surface area contributed by atoms with Gasteiger partial charge in [0.15, 0.2) is 6.10 Å². The highest BCUT2D eigenvalue weighted by Crippen LogP contribution is 2.22. The SMILES string of the molecule is C[C@H](OC(=O)c1ccc2c(c1)CCCC2)C(=O)N[C@@H](C)CCc1ccccc1. The molecule has 1 aliphatic rings. The zero-order valence-electron chi connectivity index (χ0n) is 16.7. The molecule has 0 saturated carbocycles. The number of ether oxygens (including phenoxy) is 1. The van der Waals surface area contributed by atoms with E-state index < -0.39 is 12.1 Å². The molecule has 1 N–H and O–H groups in total. The maximum absolute atomic E-state index is 12.4. The maximum Gasteiger partial charge on any atom is 0.338 e. The number of amides is 1. The minimum Gasteiger partial charge on any atom is -0.449 e. The highest BCUT2D eigenvalue weighted by atomic mass is 16.5. The van der Waals surface area contributed by atoms with Crippen molar-refractivity contribution in [3.63, 3.8) is 0 Å². The Morgan fingerprint density at radius 3 is 2.46 bits per heavy atom. The Morgan fingerprint density at radius 2 is 1.71 bits per heavy atom. The van der Waals surface area contributed by atoms with Crippen LogP contribution >= 0.6 is 0 Å². The van der Waals surface area contributed by atoms with Crippen molar-refractivity contribution in [3.8, 4) is 0 Å². The van der Waals surface area contributed by atoms with Gasteiger partial charge in [-0.15, -0.1) is 0 Å². The second kappa shape index (κ2) is 9.54. The first-order valence-corrected chi connectivity index (χ1v) is 10.2. The lowest BCUT2D eigenvalue weighted by molar-refractivity contribution is -0.129. The number of hydrogen-bond donors (Lipinski definition) is 1. The van der Waals surface area contributed by atoms with Crippen molar-refractivity contribution in [2.75, 3.05) is 0 Å². The molecular weight excluding hydrogens is 350 g/mol. The maximum atomic E-state index is 12.4. The average Bonchev–Trinajstić information content (AvgIpc) is 2.72. The normalized spacial score (nSPS) is 15.2. The fourth-order valence-corrected chi connectivity index (χ4v) is 3.60. The third kappa shape index (κ3) is 5.44. The summed E-state index contributed by atoms with van der Waals surface area (Å²) in [4.78, 5) is 24.8. The predicted molar refractivity (Wildman–Crippen MR) is 110 cm³/mol. The quantitative estimate of drug-likeness (QED) is 0.732. The third-order valence-corrected chi connectivity index (χ3v) is 5.33. The first-order chi connectivity index (χ1) is 13.5. The molecule has 0 radical (unpaired) electrons. The molecule has 0 spiro atoms. The number of carbonyl (C=O) groups excluding carboxylic acids is 2. The van der Waals surface area contributed by atoms with Gasteiger partial charge in [0.1, 0.15) is 0 Å². The van der Waals surface area contributed by atoms with E-state index in [4.69, 9.17) is 4.74 Å². The number of nitrogens with one attached hydrogen (secondary N) is 1. The van der Waals surface area contributed by atoms with Crippen molar-refractivity contribution in [3.05, 3.63) is 70.8 Å². The zero-order valence-corrected chi connectivity index (χ0v) is 16.7. The molecule has 1 aliphatic carbocycles. The largest absolute Gasteiger partial charge is 0.449 e. The molecule has 148 valence electrons. The Morgan fingerprint density at radius 1 is 1.00 bits per heavy atom. The number of fused-ring (bicyclic) bond motifs is 1. The summed E-state index contributed by atoms with van der Waals surface area (Å²) in [5.74, 6) is -0.695. The average molecular weight is 380 g/mol. The molecule has 2 atom stereocenters. The topological polar surface area (TPSA) is 55.4 Å². The summed E-state index contributed by atoms with van der Waals surface area (Å²) in [5.41, 5.74) is 4.32. The molecule has 4 heteroatoms. The monoisotopic (exact) mass is 379 g/mol. The molecule has 0 bridgehead atoms. The Labute approximate surface area is 167 Å². The molecule has 1 amide bonds. The Balaban J connectivity index is 1.48. The van der Waals surface area contributed by atoms with Crippen LogP contribution in [0.3, 0.4) is 0 Å². The van der Waals surface area contributed by atoms with Crippen molar-refractivity contribution in [1.82, 2.24) is 5.32 Å². The number of rotatable bonds is 7. The molecule has 0 heterocycles. The first kappa shape index (κ1) is 20.1. The van der Waals surface area contributed by atoms with Gasteiger partial charge in [0.05, 0.1) is 5.56 Å². The van der Waals surface area contributed by atoms with Crippen LogP contribution in [0.15, 0.2) is 48.5 Å². The van der Waals surface area contributed by atoms with Crippen LogP contribution in [-0.2, 0) is 28.8 Å². The lowest BCUT2D eigenvalue weighted by Gasteiger charge is -2.19. The number of aryl methyl sites for hydroxylation is 3. The lowest BCUT2D eigenvalue weighted by atomic mass is 9.90. The summed E-state index contributed by atoms with van der Waals surface area (Å²) < 4.78 is 5.40. The molecule has 3 rings (SSSR count). The van der Waals surface area contributed by atoms with E-state index in [1.165, 1.54) is 23.1 Å². The van der Waals surface area contributed by atoms with E-state index in [0.717, 1.165) is 32.1 Å². The van der Waals surface area contributed by atoms with E-state index in [0.29, 0.717) is 5.56 Å². The Hall–Kier alpha value is -2.62. The van der Waals surface area contributed by atoms with Crippen LogP contribution in [0, 0.1) is 0 Å². The van der Waals surface area contributed by atoms with Gasteiger partial charge in [-0.2, -0.15) is 0 Å². The van der Waals surface area contributed by atoms with E-state index in [9.17, 15) is 9.59 Å². The molecule has 0 saturated heterocycles. The Bertz CT molecular complexity index is 816. The highest BCUT2D eigenvalue weighted by molar-refractivity contribution is 5.92. The van der Waals surface area contributed by atoms with Crippen LogP contribution in [0.5, 0.6) is 0 Å². The van der Waals surface area contributed by atoms with Gasteiger partial charge in [-0.25, -0.2) is 4.79 Å². The van der Waals surface area contributed by atoms with Crippen LogP contribution < -0.4 is 5.32 Å². The second-order valence-corrected chi connectivity index (χ2v) is 7.67. The van der Waals surface area contributed by atoms with Gasteiger partial charge >= 0.3 is 5.97 Å². The van der Waals surface area contributed by atoms with Crippen molar-refractivity contribution >= 4 is 11.9 Å². The van der Waals surface area contributed by atoms with Gasteiger partial charge in [0.25, 0.3) is 5.91 Å². The lowest BCUT2D eigenvalue weighted by Crippen LogP contribution is -2.41. The van der Waals surface area contributed by atoms with E-state index in [1.54, 1.807) is 13.0 Å². The molecule has 2 aromatic carbocycles. The van der Waals surface area contributed by atoms with Gasteiger partial charge < -0.3 is 10.1 Å². The standard InChI is InChI=1S/C24H29NO3/c1-17(12-13-19-8-4-3-5-9-19)25-23(26)18(2)28-24(27)22-15-14-20-10-6-7-11-21(20)16-22/h3-5,8-9,14-18H,6-7,10-13H2,1-2H3,(H,25,26)/t17-,18-/m0/s1. The van der Waals surface area contributed by atoms with Crippen LogP contribution in [0.4, 0.5) is 0 Å². The Kier molecular flexibility index (Phi) is 6.85. The minimum absolute atomic E-state index is 0.0117. The van der Waals surface area contributed by atoms with Gasteiger partial charge in [-0.1, -0.05) is 36.4 Å². The van der Waals surface area contributed by atoms with Crippen molar-refractivity contribution in [2.24, 2.45) is 0 Å². The van der Waals surface area contributed by atoms with Gasteiger partial charge in [0.2, 0.25) is 0 Å². The molecular formula is C24H29NO3. The van der Waals surface area contributed by atoms with Gasteiger partial charge in [-0.3, -0.25) is 4.79 Å². The minimum atomic E-state index is -0.817. The number of hydrogen-bond acceptors (Lipinski definition) is 3. The van der Waals surface area contributed by atoms with Crippen molar-refractivity contribution in [1.29, 1.82) is 0 Å². The fraction of sp³-hybridized carbons (Fsp3) is 0.417. The molecule has 28 heavy (non-hydrogen) atoms. The van der Waals surface area contributed by atoms with Crippen LogP contribution in [-0.4, -0.2) is 24.0 Å². The second-order valence-electron chi connectivity index (χ2n) is 7.67. The molecule has 4 nitrogen and oxygen atoms in total. The summed E-state index contributed by atoms with van der Waals surface area (Å²) in [5, 5.41) is 2.94. The molecule has 0 unspecified atom stereocenters. The van der Waals surface area contributed by atoms with E-state index >= 15 is 0 Å². The summed E-state index contributed by atoms with van der Waals surface area (Å²) >= 11 is 0. The summed E-state index contributed by atoms with van der Waals surface area (Å²) in [6.07, 6.45) is 5.35. The summed E-state index contributed by atoms with van der Waals surface area (Å²) in [6.45, 7) is 3.59. The molecule has 0 fully saturated rings. The van der Waals surface area contributed by atoms with Crippen LogP contribution in [0.1, 0.15) is 60.2 Å². The van der Waals surface area contributed by atoms with E-state index in [1.807, 2.05) is 37.3 Å². The molecule has 2 aromatic rings. The first-order valence-electron chi connectivity index (χ1n) is 10.2. The van der Waals surface area contributed by atoms with Crippen molar-refractivity contribution < 1.29 is 14.3 Å².